The van der Waals surface area contributed by atoms with E-state index in [4.69, 9.17) is 4.74 Å². The summed E-state index contributed by atoms with van der Waals surface area (Å²) in [6.07, 6.45) is -5.20. The van der Waals surface area contributed by atoms with E-state index in [-0.39, 0.29) is 17.1 Å². The number of benzene rings is 1. The summed E-state index contributed by atoms with van der Waals surface area (Å²) in [6.45, 7) is 0.510. The van der Waals surface area contributed by atoms with Crippen LogP contribution in [-0.2, 0) is 14.8 Å². The van der Waals surface area contributed by atoms with Crippen LogP contribution >= 0.6 is 15.9 Å². The van der Waals surface area contributed by atoms with E-state index >= 15 is 0 Å². The van der Waals surface area contributed by atoms with Crippen LogP contribution in [-0.4, -0.2) is 45.4 Å². The predicted octanol–water partition coefficient (Wildman–Crippen LogP) is 2.37. The summed E-state index contributed by atoms with van der Waals surface area (Å²) in [5, 5.41) is 0. The number of ether oxygens (including phenoxy) is 2. The fourth-order valence-corrected chi connectivity index (χ4v) is 3.26. The summed E-state index contributed by atoms with van der Waals surface area (Å²) >= 11 is 2.98. The van der Waals surface area contributed by atoms with Crippen molar-refractivity contribution in [2.75, 3.05) is 20.2 Å². The van der Waals surface area contributed by atoms with E-state index in [1.54, 1.807) is 0 Å². The van der Waals surface area contributed by atoms with Crippen LogP contribution in [0.25, 0.3) is 0 Å². The van der Waals surface area contributed by atoms with E-state index in [0.717, 1.165) is 16.4 Å². The fourth-order valence-electron chi connectivity index (χ4n) is 1.63. The lowest BCUT2D eigenvalue weighted by molar-refractivity contribution is -0.275. The average molecular weight is 390 g/mol. The Kier molecular flexibility index (Phi) is 4.52. The van der Waals surface area contributed by atoms with Crippen LogP contribution in [0, 0.1) is 0 Å². The first kappa shape index (κ1) is 16.5. The topological polar surface area (TPSA) is 59.1 Å². The van der Waals surface area contributed by atoms with Crippen LogP contribution < -0.4 is 4.74 Å². The van der Waals surface area contributed by atoms with E-state index in [0.29, 0.717) is 6.61 Å². The molecule has 0 aromatic heterocycles. The maximum Gasteiger partial charge on any atom is 0.573 e. The lowest BCUT2D eigenvalue weighted by Crippen LogP contribution is -2.31. The van der Waals surface area contributed by atoms with E-state index in [2.05, 4.69) is 20.7 Å². The molecule has 0 aliphatic carbocycles. The Bertz CT molecular complexity index is 631. The van der Waals surface area contributed by atoms with Crippen LogP contribution in [0.3, 0.4) is 0 Å². The van der Waals surface area contributed by atoms with Crippen molar-refractivity contribution < 1.29 is 31.1 Å². The van der Waals surface area contributed by atoms with Crippen LogP contribution in [0.1, 0.15) is 0 Å². The highest BCUT2D eigenvalue weighted by atomic mass is 79.9. The van der Waals surface area contributed by atoms with Gasteiger partial charge in [0.15, 0.2) is 5.75 Å². The van der Waals surface area contributed by atoms with E-state index in [1.165, 1.54) is 13.1 Å². The largest absolute Gasteiger partial charge is 0.573 e. The first-order valence-electron chi connectivity index (χ1n) is 5.73. The van der Waals surface area contributed by atoms with Crippen molar-refractivity contribution in [1.82, 2.24) is 4.31 Å². The summed E-state index contributed by atoms with van der Waals surface area (Å²) in [5.41, 5.74) is 0. The highest BCUT2D eigenvalue weighted by Gasteiger charge is 2.36. The third-order valence-electron chi connectivity index (χ3n) is 2.68. The molecular formula is C11H11BrF3NO4S. The van der Waals surface area contributed by atoms with Crippen LogP contribution in [0.4, 0.5) is 13.2 Å². The standard InChI is InChI=1S/C11H11BrF3NO4S/c1-16(5-8-6-19-8)21(17,18)10-3-2-7(12)4-9(10)20-11(13,14)15/h2-4,8H,5-6H2,1H3. The Morgan fingerprint density at radius 2 is 2.10 bits per heavy atom. The molecule has 1 unspecified atom stereocenters. The Morgan fingerprint density at radius 3 is 2.62 bits per heavy atom. The number of halogens is 4. The minimum absolute atomic E-state index is 0.0733. The molecule has 118 valence electrons. The molecule has 1 heterocycles. The van der Waals surface area contributed by atoms with Gasteiger partial charge in [-0.1, -0.05) is 15.9 Å². The Balaban J connectivity index is 2.36. The third-order valence-corrected chi connectivity index (χ3v) is 5.04. The first-order valence-corrected chi connectivity index (χ1v) is 7.96. The second-order valence-electron chi connectivity index (χ2n) is 4.38. The predicted molar refractivity (Wildman–Crippen MR) is 70.4 cm³/mol. The molecule has 5 nitrogen and oxygen atoms in total. The van der Waals surface area contributed by atoms with Gasteiger partial charge in [0.05, 0.1) is 12.7 Å². The van der Waals surface area contributed by atoms with Crippen molar-refractivity contribution in [3.8, 4) is 5.75 Å². The third kappa shape index (κ3) is 4.31. The van der Waals surface area contributed by atoms with Gasteiger partial charge in [-0.3, -0.25) is 0 Å². The number of hydrogen-bond donors (Lipinski definition) is 0. The van der Waals surface area contributed by atoms with Gasteiger partial charge in [-0.25, -0.2) is 8.42 Å². The van der Waals surface area contributed by atoms with Gasteiger partial charge in [0.25, 0.3) is 0 Å². The number of nitrogens with zero attached hydrogens (tertiary/aromatic N) is 1. The zero-order valence-corrected chi connectivity index (χ0v) is 13.1. The molecule has 21 heavy (non-hydrogen) atoms. The van der Waals surface area contributed by atoms with Gasteiger partial charge in [-0.15, -0.1) is 13.2 Å². The second kappa shape index (κ2) is 5.75. The molecule has 0 radical (unpaired) electrons. The van der Waals surface area contributed by atoms with Gasteiger partial charge < -0.3 is 9.47 Å². The monoisotopic (exact) mass is 389 g/mol. The van der Waals surface area contributed by atoms with Gasteiger partial charge in [-0.2, -0.15) is 4.31 Å². The zero-order chi connectivity index (χ0) is 15.8. The van der Waals surface area contributed by atoms with E-state index in [9.17, 15) is 21.6 Å². The molecule has 0 amide bonds. The van der Waals surface area contributed by atoms with Crippen LogP contribution in [0.15, 0.2) is 27.6 Å². The van der Waals surface area contributed by atoms with Crippen molar-refractivity contribution in [3.05, 3.63) is 22.7 Å². The van der Waals surface area contributed by atoms with Crippen molar-refractivity contribution in [2.45, 2.75) is 17.4 Å². The first-order chi connectivity index (χ1) is 9.59. The number of hydrogen-bond acceptors (Lipinski definition) is 4. The molecule has 2 rings (SSSR count). The second-order valence-corrected chi connectivity index (χ2v) is 7.31. The molecule has 0 spiro atoms. The summed E-state index contributed by atoms with van der Waals surface area (Å²) in [4.78, 5) is -0.550. The SMILES string of the molecule is CN(CC1CO1)S(=O)(=O)c1ccc(Br)cc1OC(F)(F)F. The summed E-state index contributed by atoms with van der Waals surface area (Å²) in [5.74, 6) is -0.777. The molecule has 1 aromatic rings. The van der Waals surface area contributed by atoms with E-state index < -0.39 is 27.0 Å². The number of likely N-dealkylation sites (N-methyl/N-ethyl adjacent to an activating group) is 1. The molecular weight excluding hydrogens is 379 g/mol. The Labute approximate surface area is 127 Å². The molecule has 1 saturated heterocycles. The van der Waals surface area contributed by atoms with Gasteiger partial charge in [0.2, 0.25) is 10.0 Å². The van der Waals surface area contributed by atoms with Crippen LogP contribution in [0.2, 0.25) is 0 Å². The number of alkyl halides is 3. The zero-order valence-electron chi connectivity index (χ0n) is 10.7. The smallest absolute Gasteiger partial charge is 0.404 e. The van der Waals surface area contributed by atoms with Gasteiger partial charge in [0.1, 0.15) is 4.90 Å². The molecule has 0 saturated carbocycles. The van der Waals surface area contributed by atoms with Crippen molar-refractivity contribution in [3.63, 3.8) is 0 Å². The van der Waals surface area contributed by atoms with Crippen molar-refractivity contribution >= 4 is 26.0 Å². The quantitative estimate of drug-likeness (QED) is 0.725. The summed E-state index contributed by atoms with van der Waals surface area (Å²) in [6, 6.07) is 3.35. The molecule has 1 aromatic carbocycles. The van der Waals surface area contributed by atoms with Crippen molar-refractivity contribution in [2.24, 2.45) is 0 Å². The molecule has 0 bridgehead atoms. The maximum atomic E-state index is 12.4. The highest BCUT2D eigenvalue weighted by molar-refractivity contribution is 9.10. The minimum atomic E-state index is -4.98. The summed E-state index contributed by atoms with van der Waals surface area (Å²) < 4.78 is 71.8. The molecule has 1 fully saturated rings. The number of rotatable bonds is 5. The van der Waals surface area contributed by atoms with E-state index in [1.807, 2.05) is 0 Å². The van der Waals surface area contributed by atoms with Gasteiger partial charge >= 0.3 is 6.36 Å². The molecule has 10 heteroatoms. The van der Waals surface area contributed by atoms with Crippen molar-refractivity contribution in [1.29, 1.82) is 0 Å². The van der Waals surface area contributed by atoms with Crippen LogP contribution in [0.5, 0.6) is 5.75 Å². The van der Waals surface area contributed by atoms with Gasteiger partial charge in [-0.05, 0) is 18.2 Å². The number of epoxide rings is 1. The van der Waals surface area contributed by atoms with Gasteiger partial charge in [0, 0.05) is 18.1 Å². The number of sulfonamides is 1. The lowest BCUT2D eigenvalue weighted by Gasteiger charge is -2.19. The minimum Gasteiger partial charge on any atom is -0.404 e. The molecule has 1 atom stereocenters. The molecule has 1 aliphatic rings. The maximum absolute atomic E-state index is 12.4. The Morgan fingerprint density at radius 1 is 1.48 bits per heavy atom. The lowest BCUT2D eigenvalue weighted by atomic mass is 10.3. The molecule has 0 N–H and O–H groups in total. The fraction of sp³-hybridized carbons (Fsp3) is 0.455. The molecule has 1 aliphatic heterocycles. The average Bonchev–Trinajstić information content (AvgIpc) is 3.10. The summed E-state index contributed by atoms with van der Waals surface area (Å²) in [7, 11) is -2.83. The Hall–Kier alpha value is -0.840. The highest BCUT2D eigenvalue weighted by Crippen LogP contribution is 2.33. The normalized spacial score (nSPS) is 18.9.